The zero-order valence-electron chi connectivity index (χ0n) is 10.7. The van der Waals surface area contributed by atoms with Crippen LogP contribution in [0.4, 0.5) is 0 Å². The molecule has 0 amide bonds. The van der Waals surface area contributed by atoms with Gasteiger partial charge >= 0.3 is 0 Å². The summed E-state index contributed by atoms with van der Waals surface area (Å²) >= 11 is 0. The number of rotatable bonds is 6. The maximum Gasteiger partial charge on any atom is 0.295 e. The van der Waals surface area contributed by atoms with Crippen LogP contribution in [0.1, 0.15) is 0 Å². The van der Waals surface area contributed by atoms with Crippen LogP contribution in [-0.2, 0) is 39.9 Å². The predicted molar refractivity (Wildman–Crippen MR) is 65.6 cm³/mol. The van der Waals surface area contributed by atoms with E-state index in [0.717, 1.165) is 0 Å². The first kappa shape index (κ1) is 34.0. The average molecular weight is 428 g/mol. The van der Waals surface area contributed by atoms with Gasteiger partial charge in [0.25, 0.3) is 34.4 Å². The van der Waals surface area contributed by atoms with Crippen molar-refractivity contribution in [2.45, 2.75) is 9.33 Å². The van der Waals surface area contributed by atoms with Gasteiger partial charge in [-0.1, -0.05) is 0 Å². The lowest BCUT2D eigenvalue weighted by molar-refractivity contribution is -0.315. The smallest absolute Gasteiger partial charge is 0.295 e. The Hall–Kier alpha value is -1.49. The second-order valence-corrected chi connectivity index (χ2v) is 8.07. The zero-order valence-corrected chi connectivity index (χ0v) is 13.2. The van der Waals surface area contributed by atoms with E-state index in [1.165, 1.54) is 0 Å². The molecule has 0 spiro atoms. The van der Waals surface area contributed by atoms with Crippen LogP contribution in [0.5, 0.6) is 0 Å². The highest BCUT2D eigenvalue weighted by atomic mass is 32.3. The van der Waals surface area contributed by atoms with Gasteiger partial charge in [-0.2, -0.15) is 25.3 Å². The molecule has 150 valence electrons. The second-order valence-electron chi connectivity index (χ2n) is 3.12. The molecule has 0 saturated carbocycles. The van der Waals surface area contributed by atoms with Crippen molar-refractivity contribution in [1.82, 2.24) is 0 Å². The van der Waals surface area contributed by atoms with Gasteiger partial charge in [0.2, 0.25) is 0 Å². The minimum atomic E-state index is -6.67. The van der Waals surface area contributed by atoms with E-state index in [1.54, 1.807) is 0 Å². The van der Waals surface area contributed by atoms with Crippen molar-refractivity contribution >= 4 is 42.3 Å². The van der Waals surface area contributed by atoms with Crippen molar-refractivity contribution < 1.29 is 80.6 Å². The SMILES string of the molecule is O.O.O.O.O=C([O-])C(C(C(=O)[O-])(S(=O)(=O)O)S(=O)(=O)O)S(=O)(=O)O. The molecule has 0 aliphatic carbocycles. The van der Waals surface area contributed by atoms with E-state index in [1.807, 2.05) is 0 Å². The molecule has 0 fully saturated rings. The van der Waals surface area contributed by atoms with E-state index in [4.69, 9.17) is 13.7 Å². The summed E-state index contributed by atoms with van der Waals surface area (Å²) in [6.45, 7) is 0. The first-order valence-corrected chi connectivity index (χ1v) is 8.22. The molecule has 0 aliphatic heterocycles. The Labute approximate surface area is 133 Å². The molecule has 0 rings (SSSR count). The van der Waals surface area contributed by atoms with Crippen molar-refractivity contribution in [3.05, 3.63) is 0 Å². The maximum absolute atomic E-state index is 10.9. The largest absolute Gasteiger partial charge is 0.549 e. The number of carboxylic acid groups (broad SMARTS) is 2. The summed E-state index contributed by atoms with van der Waals surface area (Å²) in [7, 11) is -19.6. The Morgan fingerprint density at radius 2 is 1.00 bits per heavy atom. The Balaban J connectivity index is -0.000000301. The Morgan fingerprint density at radius 3 is 1.04 bits per heavy atom. The van der Waals surface area contributed by atoms with Crippen LogP contribution in [0.15, 0.2) is 0 Å². The summed E-state index contributed by atoms with van der Waals surface area (Å²) in [4.78, 5) is 21.1. The summed E-state index contributed by atoms with van der Waals surface area (Å²) in [5.74, 6) is -6.80. The minimum absolute atomic E-state index is 0. The van der Waals surface area contributed by atoms with Gasteiger partial charge < -0.3 is 41.7 Å². The fourth-order valence-corrected chi connectivity index (χ4v) is 5.60. The molecule has 17 nitrogen and oxygen atoms in total. The number of carbonyl (C=O) groups is 2. The quantitative estimate of drug-likeness (QED) is 0.331. The van der Waals surface area contributed by atoms with Gasteiger partial charge in [0.15, 0.2) is 5.25 Å². The van der Waals surface area contributed by atoms with Crippen LogP contribution < -0.4 is 10.2 Å². The molecule has 0 heterocycles. The van der Waals surface area contributed by atoms with Crippen molar-refractivity contribution in [2.75, 3.05) is 0 Å². The fourth-order valence-electron chi connectivity index (χ4n) is 1.19. The summed E-state index contributed by atoms with van der Waals surface area (Å²) in [5, 5.41) is 16.8. The molecule has 11 N–H and O–H groups in total. The van der Waals surface area contributed by atoms with Gasteiger partial charge in [0.05, 0.1) is 11.9 Å². The third-order valence-electron chi connectivity index (χ3n) is 1.91. The van der Waals surface area contributed by atoms with Gasteiger partial charge in [0.1, 0.15) is 0 Å². The lowest BCUT2D eigenvalue weighted by atomic mass is 10.3. The maximum atomic E-state index is 10.9. The van der Waals surface area contributed by atoms with E-state index in [-0.39, 0.29) is 21.9 Å². The molecule has 0 aliphatic rings. The van der Waals surface area contributed by atoms with E-state index >= 15 is 0 Å². The van der Waals surface area contributed by atoms with Crippen molar-refractivity contribution in [3.8, 4) is 0 Å². The van der Waals surface area contributed by atoms with Crippen LogP contribution in [0.25, 0.3) is 0 Å². The monoisotopic (exact) mass is 428 g/mol. The number of hydrogen-bond acceptors (Lipinski definition) is 10. The summed E-state index contributed by atoms with van der Waals surface area (Å²) < 4.78 is 85.1. The van der Waals surface area contributed by atoms with Crippen LogP contribution in [0.2, 0.25) is 0 Å². The number of hydrogen-bond donors (Lipinski definition) is 3. The third kappa shape index (κ3) is 5.26. The van der Waals surface area contributed by atoms with Crippen molar-refractivity contribution in [2.24, 2.45) is 0 Å². The Bertz CT molecular complexity index is 706. The molecular formula is C4H12O17S3-2. The van der Waals surface area contributed by atoms with Gasteiger partial charge in [-0.25, -0.2) is 0 Å². The lowest BCUT2D eigenvalue weighted by Crippen LogP contribution is -2.70. The Kier molecular flexibility index (Phi) is 12.9. The second kappa shape index (κ2) is 9.11. The van der Waals surface area contributed by atoms with Gasteiger partial charge in [0, 0.05) is 0 Å². The molecule has 24 heavy (non-hydrogen) atoms. The van der Waals surface area contributed by atoms with Crippen LogP contribution in [0.3, 0.4) is 0 Å². The summed E-state index contributed by atoms with van der Waals surface area (Å²) in [6, 6.07) is 0. The first-order chi connectivity index (χ1) is 8.51. The predicted octanol–water partition coefficient (Wildman–Crippen LogP) is -9.08. The summed E-state index contributed by atoms with van der Waals surface area (Å²) in [6.07, 6.45) is 0. The van der Waals surface area contributed by atoms with Gasteiger partial charge in [-0.05, 0) is 0 Å². The molecule has 0 saturated heterocycles. The third-order valence-corrected chi connectivity index (χ3v) is 6.95. The molecule has 0 bridgehead atoms. The fraction of sp³-hybridized carbons (Fsp3) is 0.500. The number of carboxylic acids is 2. The van der Waals surface area contributed by atoms with Crippen molar-refractivity contribution in [1.29, 1.82) is 0 Å². The highest BCUT2D eigenvalue weighted by molar-refractivity contribution is 8.08. The highest BCUT2D eigenvalue weighted by Crippen LogP contribution is 2.31. The molecule has 0 aromatic heterocycles. The molecule has 0 aromatic carbocycles. The minimum Gasteiger partial charge on any atom is -0.549 e. The Morgan fingerprint density at radius 1 is 0.750 bits per heavy atom. The topological polar surface area (TPSA) is 369 Å². The van der Waals surface area contributed by atoms with Crippen LogP contribution in [0, 0.1) is 0 Å². The molecule has 0 radical (unpaired) electrons. The number of carbonyl (C=O) groups excluding carboxylic acids is 2. The van der Waals surface area contributed by atoms with Gasteiger partial charge in [-0.3, -0.25) is 13.7 Å². The zero-order chi connectivity index (χ0) is 16.7. The molecular weight excluding hydrogens is 416 g/mol. The van der Waals surface area contributed by atoms with Gasteiger partial charge in [-0.15, -0.1) is 0 Å². The van der Waals surface area contributed by atoms with Crippen LogP contribution >= 0.6 is 0 Å². The molecule has 0 aromatic rings. The van der Waals surface area contributed by atoms with Crippen LogP contribution in [-0.4, -0.2) is 82.1 Å². The molecule has 20 heteroatoms. The number of aliphatic carboxylic acids is 2. The molecule has 1 atom stereocenters. The molecule has 1 unspecified atom stereocenters. The summed E-state index contributed by atoms with van der Waals surface area (Å²) in [5.41, 5.74) is 0. The highest BCUT2D eigenvalue weighted by Gasteiger charge is 2.67. The lowest BCUT2D eigenvalue weighted by Gasteiger charge is -2.33. The van der Waals surface area contributed by atoms with E-state index in [9.17, 15) is 45.1 Å². The van der Waals surface area contributed by atoms with E-state index in [2.05, 4.69) is 0 Å². The standard InChI is InChI=1S/C4H6O13S3.4H2O/c5-2(6)1(18(9,10)11)4(3(7)8,19(12,13)14)20(15,16)17;;;;/h1H,(H,5,6)(H,7,8)(H,9,10,11)(H,12,13,14)(H,15,16,17);4*1H2/p-2. The first-order valence-electron chi connectivity index (χ1n) is 3.84. The van der Waals surface area contributed by atoms with E-state index in [0.29, 0.717) is 0 Å². The van der Waals surface area contributed by atoms with E-state index < -0.39 is 51.6 Å². The normalized spacial score (nSPS) is 13.0. The average Bonchev–Trinajstić information content (AvgIpc) is 2.05. The van der Waals surface area contributed by atoms with Crippen molar-refractivity contribution in [3.63, 3.8) is 0 Å².